The summed E-state index contributed by atoms with van der Waals surface area (Å²) in [7, 11) is 0. The van der Waals surface area contributed by atoms with Crippen molar-refractivity contribution >= 4 is 11.8 Å². The van der Waals surface area contributed by atoms with Crippen molar-refractivity contribution < 1.29 is 25.2 Å². The lowest BCUT2D eigenvalue weighted by atomic mass is 9.98. The van der Waals surface area contributed by atoms with Gasteiger partial charge in [-0.3, -0.25) is 0 Å². The Morgan fingerprint density at radius 1 is 1.21 bits per heavy atom. The molecule has 84 valence electrons. The van der Waals surface area contributed by atoms with Gasteiger partial charge in [-0.25, -0.2) is 0 Å². The largest absolute Gasteiger partial charge is 0.396 e. The third-order valence-corrected chi connectivity index (χ3v) is 3.28. The maximum atomic E-state index is 9.56. The van der Waals surface area contributed by atoms with Gasteiger partial charge in [-0.2, -0.15) is 0 Å². The van der Waals surface area contributed by atoms with Crippen molar-refractivity contribution in [2.24, 2.45) is 5.92 Å². The molecule has 1 saturated heterocycles. The zero-order valence-corrected chi connectivity index (χ0v) is 8.72. The minimum absolute atomic E-state index is 0.136. The van der Waals surface area contributed by atoms with E-state index >= 15 is 0 Å². The van der Waals surface area contributed by atoms with Crippen LogP contribution in [0.2, 0.25) is 0 Å². The standard InChI is InChI=1S/C8H16O5S/c1-14-8-7(12)6(11)5(10)4(2-9)3-13-8/h4-12H,2-3H2,1H3. The zero-order valence-electron chi connectivity index (χ0n) is 7.91. The Morgan fingerprint density at radius 2 is 1.86 bits per heavy atom. The fourth-order valence-electron chi connectivity index (χ4n) is 1.43. The molecule has 5 unspecified atom stereocenters. The van der Waals surface area contributed by atoms with Crippen LogP contribution in [0, 0.1) is 5.92 Å². The maximum absolute atomic E-state index is 9.56. The molecule has 1 heterocycles. The maximum Gasteiger partial charge on any atom is 0.131 e. The number of hydrogen-bond acceptors (Lipinski definition) is 6. The predicted octanol–water partition coefficient (Wildman–Crippen LogP) is -1.60. The first-order valence-electron chi connectivity index (χ1n) is 4.41. The molecule has 0 aromatic carbocycles. The summed E-state index contributed by atoms with van der Waals surface area (Å²) >= 11 is 1.26. The fourth-order valence-corrected chi connectivity index (χ4v) is 2.08. The highest BCUT2D eigenvalue weighted by Crippen LogP contribution is 2.25. The van der Waals surface area contributed by atoms with Crippen LogP contribution in [0.25, 0.3) is 0 Å². The molecule has 0 saturated carbocycles. The van der Waals surface area contributed by atoms with Crippen LogP contribution in [0.5, 0.6) is 0 Å². The van der Waals surface area contributed by atoms with Crippen LogP contribution in [0.1, 0.15) is 0 Å². The van der Waals surface area contributed by atoms with Gasteiger partial charge in [0.05, 0.1) is 19.3 Å². The molecule has 0 aliphatic carbocycles. The Bertz CT molecular complexity index is 161. The van der Waals surface area contributed by atoms with Gasteiger partial charge in [-0.05, 0) is 6.26 Å². The van der Waals surface area contributed by atoms with E-state index in [-0.39, 0.29) is 13.2 Å². The summed E-state index contributed by atoms with van der Waals surface area (Å²) in [5, 5.41) is 37.5. The van der Waals surface area contributed by atoms with Crippen molar-refractivity contribution in [3.05, 3.63) is 0 Å². The van der Waals surface area contributed by atoms with Crippen molar-refractivity contribution in [1.82, 2.24) is 0 Å². The van der Waals surface area contributed by atoms with Gasteiger partial charge in [-0.15, -0.1) is 11.8 Å². The van der Waals surface area contributed by atoms with Crippen molar-refractivity contribution in [2.75, 3.05) is 19.5 Å². The first-order valence-corrected chi connectivity index (χ1v) is 5.70. The van der Waals surface area contributed by atoms with E-state index in [4.69, 9.17) is 9.84 Å². The molecule has 0 bridgehead atoms. The summed E-state index contributed by atoms with van der Waals surface area (Å²) in [5.41, 5.74) is -0.559. The van der Waals surface area contributed by atoms with Crippen LogP contribution in [0.4, 0.5) is 0 Å². The third-order valence-electron chi connectivity index (χ3n) is 2.40. The molecule has 0 spiro atoms. The van der Waals surface area contributed by atoms with Crippen molar-refractivity contribution in [3.8, 4) is 0 Å². The first kappa shape index (κ1) is 12.2. The first-order chi connectivity index (χ1) is 6.61. The molecule has 1 aliphatic heterocycles. The van der Waals surface area contributed by atoms with Crippen LogP contribution < -0.4 is 0 Å². The van der Waals surface area contributed by atoms with Gasteiger partial charge in [0.2, 0.25) is 0 Å². The van der Waals surface area contributed by atoms with Crippen LogP contribution in [-0.2, 0) is 4.74 Å². The lowest BCUT2D eigenvalue weighted by molar-refractivity contribution is -0.0800. The quantitative estimate of drug-likeness (QED) is 0.451. The smallest absolute Gasteiger partial charge is 0.131 e. The van der Waals surface area contributed by atoms with Gasteiger partial charge in [0.15, 0.2) is 0 Å². The Hall–Kier alpha value is 0.150. The van der Waals surface area contributed by atoms with Crippen molar-refractivity contribution in [3.63, 3.8) is 0 Å². The molecule has 0 radical (unpaired) electrons. The normalized spacial score (nSPS) is 44.8. The summed E-state index contributed by atoms with van der Waals surface area (Å²) in [6, 6.07) is 0. The minimum Gasteiger partial charge on any atom is -0.396 e. The monoisotopic (exact) mass is 224 g/mol. The van der Waals surface area contributed by atoms with Gasteiger partial charge in [0.1, 0.15) is 17.6 Å². The summed E-state index contributed by atoms with van der Waals surface area (Å²) in [6.45, 7) is -0.136. The lowest BCUT2D eigenvalue weighted by Crippen LogP contribution is -2.44. The topological polar surface area (TPSA) is 90.2 Å². The SMILES string of the molecule is CSC1OCC(CO)C(O)C(O)C1O. The number of aliphatic hydroxyl groups is 4. The summed E-state index contributed by atoms with van der Waals surface area (Å²) in [4.78, 5) is 0. The molecule has 5 nitrogen and oxygen atoms in total. The Morgan fingerprint density at radius 3 is 2.36 bits per heavy atom. The number of aliphatic hydroxyl groups excluding tert-OH is 4. The van der Waals surface area contributed by atoms with E-state index in [9.17, 15) is 15.3 Å². The van der Waals surface area contributed by atoms with Crippen LogP contribution in [0.15, 0.2) is 0 Å². The molecule has 4 N–H and O–H groups in total. The molecule has 0 aromatic rings. The summed E-state index contributed by atoms with van der Waals surface area (Å²) in [6.07, 6.45) is -1.80. The number of hydrogen-bond donors (Lipinski definition) is 4. The zero-order chi connectivity index (χ0) is 10.7. The average Bonchev–Trinajstić information content (AvgIpc) is 2.30. The van der Waals surface area contributed by atoms with Crippen LogP contribution >= 0.6 is 11.8 Å². The summed E-state index contributed by atoms with van der Waals surface area (Å²) in [5.74, 6) is -0.545. The second-order valence-corrected chi connectivity index (χ2v) is 4.29. The lowest BCUT2D eigenvalue weighted by Gasteiger charge is -2.24. The minimum atomic E-state index is -1.27. The Labute approximate surface area is 86.7 Å². The van der Waals surface area contributed by atoms with Gasteiger partial charge in [0, 0.05) is 5.92 Å². The van der Waals surface area contributed by atoms with Crippen molar-refractivity contribution in [2.45, 2.75) is 23.7 Å². The average molecular weight is 224 g/mol. The van der Waals surface area contributed by atoms with E-state index in [1.54, 1.807) is 6.26 Å². The molecule has 0 amide bonds. The number of ether oxygens (including phenoxy) is 1. The Kier molecular flexibility index (Phi) is 4.62. The molecule has 6 heteroatoms. The third kappa shape index (κ3) is 2.39. The van der Waals surface area contributed by atoms with Gasteiger partial charge < -0.3 is 25.2 Å². The van der Waals surface area contributed by atoms with Crippen LogP contribution in [-0.4, -0.2) is 63.6 Å². The van der Waals surface area contributed by atoms with E-state index in [1.165, 1.54) is 11.8 Å². The summed E-state index contributed by atoms with van der Waals surface area (Å²) < 4.78 is 5.24. The predicted molar refractivity (Wildman–Crippen MR) is 51.9 cm³/mol. The molecule has 14 heavy (non-hydrogen) atoms. The van der Waals surface area contributed by atoms with E-state index in [0.29, 0.717) is 0 Å². The molecular formula is C8H16O5S. The molecule has 1 aliphatic rings. The molecule has 0 aromatic heterocycles. The fraction of sp³-hybridized carbons (Fsp3) is 1.00. The highest BCUT2D eigenvalue weighted by molar-refractivity contribution is 7.99. The molecule has 1 rings (SSSR count). The van der Waals surface area contributed by atoms with E-state index < -0.39 is 29.7 Å². The highest BCUT2D eigenvalue weighted by atomic mass is 32.2. The molecule has 5 atom stereocenters. The van der Waals surface area contributed by atoms with E-state index in [0.717, 1.165) is 0 Å². The van der Waals surface area contributed by atoms with Gasteiger partial charge in [0.25, 0.3) is 0 Å². The van der Waals surface area contributed by atoms with E-state index in [1.807, 2.05) is 0 Å². The molecular weight excluding hydrogens is 208 g/mol. The number of rotatable bonds is 2. The highest BCUT2D eigenvalue weighted by Gasteiger charge is 2.39. The number of thioether (sulfide) groups is 1. The second-order valence-electron chi connectivity index (χ2n) is 3.35. The Balaban J connectivity index is 2.71. The van der Waals surface area contributed by atoms with E-state index in [2.05, 4.69) is 0 Å². The second kappa shape index (κ2) is 5.29. The van der Waals surface area contributed by atoms with Gasteiger partial charge in [-0.1, -0.05) is 0 Å². The van der Waals surface area contributed by atoms with Gasteiger partial charge >= 0.3 is 0 Å². The van der Waals surface area contributed by atoms with Crippen LogP contribution in [0.3, 0.4) is 0 Å². The molecule has 1 fully saturated rings. The van der Waals surface area contributed by atoms with Crippen molar-refractivity contribution in [1.29, 1.82) is 0 Å².